The fourth-order valence-corrected chi connectivity index (χ4v) is 1.37. The van der Waals surface area contributed by atoms with Crippen molar-refractivity contribution >= 4 is 11.6 Å². The molecule has 0 unspecified atom stereocenters. The molecule has 0 radical (unpaired) electrons. The van der Waals surface area contributed by atoms with E-state index in [9.17, 15) is 13.2 Å². The topological polar surface area (TPSA) is 20.2 Å². The Hall–Kier alpha value is -0.740. The number of rotatable bonds is 1. The van der Waals surface area contributed by atoms with Crippen molar-refractivity contribution in [1.82, 2.24) is 0 Å². The first-order chi connectivity index (χ1) is 6.32. The summed E-state index contributed by atoms with van der Waals surface area (Å²) in [5, 5.41) is 8.85. The zero-order chi connectivity index (χ0) is 10.9. The van der Waals surface area contributed by atoms with E-state index in [-0.39, 0.29) is 10.6 Å². The first-order valence-corrected chi connectivity index (χ1v) is 4.21. The Morgan fingerprint density at radius 3 is 2.36 bits per heavy atom. The van der Waals surface area contributed by atoms with Crippen LogP contribution in [0.4, 0.5) is 13.2 Å². The molecule has 1 aromatic rings. The highest BCUT2D eigenvalue weighted by Crippen LogP contribution is 2.35. The number of aliphatic hydroxyl groups is 1. The van der Waals surface area contributed by atoms with Gasteiger partial charge < -0.3 is 5.11 Å². The molecule has 14 heavy (non-hydrogen) atoms. The van der Waals surface area contributed by atoms with E-state index >= 15 is 0 Å². The summed E-state index contributed by atoms with van der Waals surface area (Å²) in [4.78, 5) is 0. The number of hydrogen-bond acceptors (Lipinski definition) is 1. The maximum Gasteiger partial charge on any atom is 0.418 e. The van der Waals surface area contributed by atoms with Crippen molar-refractivity contribution in [2.45, 2.75) is 19.2 Å². The van der Waals surface area contributed by atoms with Gasteiger partial charge in [0.15, 0.2) is 6.10 Å². The molecule has 1 rings (SSSR count). The predicted molar refractivity (Wildman–Crippen MR) is 47.2 cm³/mol. The van der Waals surface area contributed by atoms with Gasteiger partial charge in [0.25, 0.3) is 0 Å². The van der Waals surface area contributed by atoms with Gasteiger partial charge >= 0.3 is 6.18 Å². The minimum absolute atomic E-state index is 0.0742. The Kier molecular flexibility index (Phi) is 3.07. The molecule has 0 aliphatic carbocycles. The van der Waals surface area contributed by atoms with Crippen LogP contribution >= 0.6 is 11.6 Å². The standard InChI is InChI=1S/C9H8ClF3O/c1-5-2-3-6(7(10)4-5)8(14)9(11,12)13/h2-4,8,14H,1H3/t8-/m1/s1. The van der Waals surface area contributed by atoms with Gasteiger partial charge in [0.1, 0.15) is 0 Å². The number of aliphatic hydroxyl groups excluding tert-OH is 1. The van der Waals surface area contributed by atoms with Crippen LogP contribution in [0.5, 0.6) is 0 Å². The third kappa shape index (κ3) is 2.39. The molecular formula is C9H8ClF3O. The normalized spacial score (nSPS) is 14.1. The lowest BCUT2D eigenvalue weighted by Gasteiger charge is -2.16. The van der Waals surface area contributed by atoms with Gasteiger partial charge in [-0.15, -0.1) is 0 Å². The second-order valence-corrected chi connectivity index (χ2v) is 3.38. The van der Waals surface area contributed by atoms with Gasteiger partial charge in [-0.2, -0.15) is 13.2 Å². The second kappa shape index (κ2) is 3.79. The Bertz CT molecular complexity index is 335. The van der Waals surface area contributed by atoms with E-state index < -0.39 is 12.3 Å². The molecule has 0 heterocycles. The third-order valence-corrected chi connectivity index (χ3v) is 2.09. The Balaban J connectivity index is 3.08. The van der Waals surface area contributed by atoms with Crippen LogP contribution in [0.25, 0.3) is 0 Å². The maximum atomic E-state index is 12.1. The summed E-state index contributed by atoms with van der Waals surface area (Å²) in [6, 6.07) is 4.03. The second-order valence-electron chi connectivity index (χ2n) is 2.97. The number of benzene rings is 1. The lowest BCUT2D eigenvalue weighted by molar-refractivity contribution is -0.206. The van der Waals surface area contributed by atoms with Gasteiger partial charge in [0, 0.05) is 10.6 Å². The van der Waals surface area contributed by atoms with Crippen LogP contribution in [0, 0.1) is 6.92 Å². The van der Waals surface area contributed by atoms with Crippen LogP contribution < -0.4 is 0 Å². The van der Waals surface area contributed by atoms with E-state index in [4.69, 9.17) is 16.7 Å². The summed E-state index contributed by atoms with van der Waals surface area (Å²) in [7, 11) is 0. The lowest BCUT2D eigenvalue weighted by atomic mass is 10.1. The van der Waals surface area contributed by atoms with E-state index in [0.717, 1.165) is 5.56 Å². The zero-order valence-corrected chi connectivity index (χ0v) is 8.02. The Labute approximate surface area is 84.1 Å². The smallest absolute Gasteiger partial charge is 0.379 e. The molecule has 78 valence electrons. The molecule has 0 fully saturated rings. The van der Waals surface area contributed by atoms with Crippen molar-refractivity contribution in [2.24, 2.45) is 0 Å². The molecule has 1 N–H and O–H groups in total. The number of aryl methyl sites for hydroxylation is 1. The summed E-state index contributed by atoms with van der Waals surface area (Å²) >= 11 is 5.57. The van der Waals surface area contributed by atoms with Gasteiger partial charge in [-0.25, -0.2) is 0 Å². The molecule has 1 aromatic carbocycles. The van der Waals surface area contributed by atoms with Gasteiger partial charge in [-0.05, 0) is 18.6 Å². The van der Waals surface area contributed by atoms with Gasteiger partial charge in [-0.1, -0.05) is 23.7 Å². The van der Waals surface area contributed by atoms with Crippen LogP contribution in [0.2, 0.25) is 5.02 Å². The molecule has 1 nitrogen and oxygen atoms in total. The quantitative estimate of drug-likeness (QED) is 0.777. The fraction of sp³-hybridized carbons (Fsp3) is 0.333. The van der Waals surface area contributed by atoms with E-state index in [2.05, 4.69) is 0 Å². The average molecular weight is 225 g/mol. The highest BCUT2D eigenvalue weighted by atomic mass is 35.5. The molecule has 0 bridgehead atoms. The highest BCUT2D eigenvalue weighted by Gasteiger charge is 2.40. The van der Waals surface area contributed by atoms with Crippen molar-refractivity contribution < 1.29 is 18.3 Å². The molecule has 0 aliphatic heterocycles. The molecule has 0 saturated heterocycles. The Morgan fingerprint density at radius 1 is 1.36 bits per heavy atom. The molecule has 0 aliphatic rings. The zero-order valence-electron chi connectivity index (χ0n) is 7.27. The van der Waals surface area contributed by atoms with Crippen LogP contribution in [0.1, 0.15) is 17.2 Å². The van der Waals surface area contributed by atoms with Crippen LogP contribution in [-0.4, -0.2) is 11.3 Å². The molecule has 1 atom stereocenters. The molecule has 0 amide bonds. The third-order valence-electron chi connectivity index (χ3n) is 1.76. The van der Waals surface area contributed by atoms with Crippen molar-refractivity contribution in [3.8, 4) is 0 Å². The molecule has 0 saturated carbocycles. The van der Waals surface area contributed by atoms with Crippen molar-refractivity contribution in [3.05, 3.63) is 34.3 Å². The van der Waals surface area contributed by atoms with Crippen molar-refractivity contribution in [3.63, 3.8) is 0 Å². The SMILES string of the molecule is Cc1ccc([C@@H](O)C(F)(F)F)c(Cl)c1. The number of hydrogen-bond donors (Lipinski definition) is 1. The Morgan fingerprint density at radius 2 is 1.93 bits per heavy atom. The lowest BCUT2D eigenvalue weighted by Crippen LogP contribution is -2.20. The summed E-state index contributed by atoms with van der Waals surface area (Å²) in [6.07, 6.45) is -7.20. The van der Waals surface area contributed by atoms with Crippen LogP contribution in [0.15, 0.2) is 18.2 Å². The summed E-state index contributed by atoms with van der Waals surface area (Å²) < 4.78 is 36.3. The highest BCUT2D eigenvalue weighted by molar-refractivity contribution is 6.31. The van der Waals surface area contributed by atoms with Crippen LogP contribution in [-0.2, 0) is 0 Å². The summed E-state index contributed by atoms with van der Waals surface area (Å²) in [5.41, 5.74) is 0.429. The van der Waals surface area contributed by atoms with Crippen molar-refractivity contribution in [2.75, 3.05) is 0 Å². The monoisotopic (exact) mass is 224 g/mol. The van der Waals surface area contributed by atoms with Crippen LogP contribution in [0.3, 0.4) is 0 Å². The molecule has 5 heteroatoms. The summed E-state index contributed by atoms with van der Waals surface area (Å²) in [5.74, 6) is 0. The van der Waals surface area contributed by atoms with E-state index in [1.807, 2.05) is 0 Å². The minimum atomic E-state index is -4.68. The molecular weight excluding hydrogens is 217 g/mol. The predicted octanol–water partition coefficient (Wildman–Crippen LogP) is 3.24. The summed E-state index contributed by atoms with van der Waals surface area (Å²) in [6.45, 7) is 1.70. The first kappa shape index (κ1) is 11.3. The number of alkyl halides is 3. The largest absolute Gasteiger partial charge is 0.418 e. The fourth-order valence-electron chi connectivity index (χ4n) is 1.03. The average Bonchev–Trinajstić information content (AvgIpc) is 2.01. The van der Waals surface area contributed by atoms with Gasteiger partial charge in [0.2, 0.25) is 0 Å². The number of halogens is 4. The minimum Gasteiger partial charge on any atom is -0.379 e. The van der Waals surface area contributed by atoms with E-state index in [1.165, 1.54) is 18.2 Å². The van der Waals surface area contributed by atoms with E-state index in [1.54, 1.807) is 6.92 Å². The maximum absolute atomic E-state index is 12.1. The van der Waals surface area contributed by atoms with Gasteiger partial charge in [0.05, 0.1) is 0 Å². The van der Waals surface area contributed by atoms with E-state index in [0.29, 0.717) is 0 Å². The van der Waals surface area contributed by atoms with Gasteiger partial charge in [-0.3, -0.25) is 0 Å². The molecule has 0 aromatic heterocycles. The molecule has 0 spiro atoms. The first-order valence-electron chi connectivity index (χ1n) is 3.83. The van der Waals surface area contributed by atoms with Crippen molar-refractivity contribution in [1.29, 1.82) is 0 Å².